The first-order valence-electron chi connectivity index (χ1n) is 29.2. The molecule has 4 aromatic heterocycles. The maximum Gasteiger partial charge on any atom is 0.408 e. The molecule has 5 amide bonds. The Balaban J connectivity index is 0.000000163. The lowest BCUT2D eigenvalue weighted by Crippen LogP contribution is -2.52. The molecule has 0 spiro atoms. The van der Waals surface area contributed by atoms with Crippen molar-refractivity contribution in [3.63, 3.8) is 0 Å². The van der Waals surface area contributed by atoms with E-state index in [2.05, 4.69) is 51.7 Å². The van der Waals surface area contributed by atoms with Crippen molar-refractivity contribution < 1.29 is 38.2 Å². The summed E-state index contributed by atoms with van der Waals surface area (Å²) >= 11 is 0. The summed E-state index contributed by atoms with van der Waals surface area (Å²) in [7, 11) is 0. The van der Waals surface area contributed by atoms with Crippen molar-refractivity contribution in [2.45, 2.75) is 76.0 Å². The Bertz CT molecular complexity index is 4230. The first-order chi connectivity index (χ1) is 42.1. The molecule has 0 atom stereocenters. The van der Waals surface area contributed by atoms with E-state index in [9.17, 15) is 24.0 Å². The van der Waals surface area contributed by atoms with Gasteiger partial charge in [-0.2, -0.15) is 9.97 Å². The normalized spacial score (nSPS) is 15.5. The monoisotopic (exact) mass is 1160 g/mol. The first kappa shape index (κ1) is 55.8. The van der Waals surface area contributed by atoms with Crippen LogP contribution in [0.5, 0.6) is 11.8 Å². The highest BCUT2D eigenvalue weighted by Gasteiger charge is 2.42. The lowest BCUT2D eigenvalue weighted by atomic mass is 9.71. The van der Waals surface area contributed by atoms with Crippen LogP contribution in [-0.4, -0.2) is 100 Å². The van der Waals surface area contributed by atoms with Crippen molar-refractivity contribution in [1.82, 2.24) is 43.9 Å². The molecule has 6 heterocycles. The number of aromatic nitrogens is 6. The van der Waals surface area contributed by atoms with Gasteiger partial charge in [0.15, 0.2) is 0 Å². The SMILES string of the molecule is CC(C)(C)OC(=O)NC1(c2ccc(-c3nc4nc(OCCN5C(=O)c6ccccc6C5=O)ccn4c3-c3ccccc3)cc2)CCC1.NC1(c2ccc(-c3nc4nc(OCCN5C(=O)c6ccccc6C5=O)ccn4c3-c3ccccc3)cc2)CCC1. The molecule has 2 aliphatic heterocycles. The van der Waals surface area contributed by atoms with Gasteiger partial charge in [0.25, 0.3) is 23.6 Å². The molecule has 4 aliphatic rings. The van der Waals surface area contributed by atoms with Crippen LogP contribution < -0.4 is 20.5 Å². The summed E-state index contributed by atoms with van der Waals surface area (Å²) in [5.41, 5.74) is 16.4. The Morgan fingerprint density at radius 1 is 0.494 bits per heavy atom. The fourth-order valence-electron chi connectivity index (χ4n) is 11.8. The molecule has 87 heavy (non-hydrogen) atoms. The smallest absolute Gasteiger partial charge is 0.408 e. The van der Waals surface area contributed by atoms with Gasteiger partial charge in [-0.15, -0.1) is 0 Å². The first-order valence-corrected chi connectivity index (χ1v) is 29.2. The molecule has 3 N–H and O–H groups in total. The Hall–Kier alpha value is -10.3. The van der Waals surface area contributed by atoms with Crippen LogP contribution in [0.3, 0.4) is 0 Å². The minimum Gasteiger partial charge on any atom is -0.476 e. The van der Waals surface area contributed by atoms with Crippen molar-refractivity contribution in [3.05, 3.63) is 216 Å². The Labute approximate surface area is 501 Å². The molecule has 2 saturated carbocycles. The molecule has 0 bridgehead atoms. The minimum absolute atomic E-state index is 0.0916. The second kappa shape index (κ2) is 22.6. The highest BCUT2D eigenvalue weighted by atomic mass is 16.6. The summed E-state index contributed by atoms with van der Waals surface area (Å²) < 4.78 is 21.2. The molecule has 6 aromatic carbocycles. The van der Waals surface area contributed by atoms with Crippen LogP contribution in [0.25, 0.3) is 56.6 Å². The van der Waals surface area contributed by atoms with Crippen molar-refractivity contribution >= 4 is 41.3 Å². The van der Waals surface area contributed by atoms with E-state index in [-0.39, 0.29) is 55.5 Å². The number of carbonyl (C=O) groups excluding carboxylic acids is 5. The summed E-state index contributed by atoms with van der Waals surface area (Å²) in [5.74, 6) is 0.389. The summed E-state index contributed by atoms with van der Waals surface area (Å²) in [4.78, 5) is 85.0. The number of fused-ring (bicyclic) bond motifs is 4. The standard InChI is InChI=1S/C37H35N5O5.C32H27N5O3/c1-36(2,3)47-35(45)40-37(19-9-20-37)26-16-14-24(15-17-26)30-31(25-10-5-4-6-11-25)41-21-18-29(38-34(41)39-30)46-23-22-42-32(43)27-12-7-8-13-28(27)33(42)44;33-32(16-6-17-32)23-13-11-21(12-14-23)27-28(22-7-2-1-3-8-22)36-18-15-26(34-31(36)35-27)40-20-19-37-29(38)24-9-4-5-10-25(24)30(37)39/h4-8,10-18,21H,9,19-20,22-23H2,1-3H3,(H,40,45);1-5,7-15,18H,6,16-17,19-20,33H2. The summed E-state index contributed by atoms with van der Waals surface area (Å²) in [6, 6.07) is 53.8. The maximum atomic E-state index is 12.7. The van der Waals surface area contributed by atoms with Crippen LogP contribution >= 0.6 is 0 Å². The molecule has 18 nitrogen and oxygen atoms in total. The lowest BCUT2D eigenvalue weighted by Gasteiger charge is -2.43. The third kappa shape index (κ3) is 10.7. The minimum atomic E-state index is -0.576. The Morgan fingerprint density at radius 3 is 1.25 bits per heavy atom. The fraction of sp³-hybridized carbons (Fsp3) is 0.232. The van der Waals surface area contributed by atoms with Gasteiger partial charge in [-0.25, -0.2) is 14.8 Å². The number of carbonyl (C=O) groups is 5. The molecule has 0 radical (unpaired) electrons. The van der Waals surface area contributed by atoms with Crippen LogP contribution in [-0.2, 0) is 15.8 Å². The van der Waals surface area contributed by atoms with Gasteiger partial charge in [-0.05, 0) is 94.7 Å². The van der Waals surface area contributed by atoms with Gasteiger partial charge in [0.05, 0.1) is 63.7 Å². The molecule has 0 unspecified atom stereocenters. The molecular weight excluding hydrogens is 1100 g/mol. The number of amides is 5. The number of imidazole rings is 2. The summed E-state index contributed by atoms with van der Waals surface area (Å²) in [6.45, 7) is 6.01. The Morgan fingerprint density at radius 2 is 0.885 bits per heavy atom. The third-order valence-electron chi connectivity index (χ3n) is 16.6. The summed E-state index contributed by atoms with van der Waals surface area (Å²) in [6.07, 6.45) is 9.22. The average molecular weight is 1160 g/mol. The average Bonchev–Trinajstić information content (AvgIpc) is 1.90. The van der Waals surface area contributed by atoms with E-state index >= 15 is 0 Å². The van der Waals surface area contributed by atoms with E-state index in [1.807, 2.05) is 115 Å². The van der Waals surface area contributed by atoms with E-state index in [0.717, 1.165) is 94.7 Å². The van der Waals surface area contributed by atoms with Gasteiger partial charge in [0.1, 0.15) is 18.8 Å². The zero-order chi connectivity index (χ0) is 60.0. The van der Waals surface area contributed by atoms with Gasteiger partial charge in [0, 0.05) is 52.3 Å². The van der Waals surface area contributed by atoms with Crippen molar-refractivity contribution in [1.29, 1.82) is 0 Å². The molecule has 18 heteroatoms. The van der Waals surface area contributed by atoms with E-state index in [1.165, 1.54) is 9.80 Å². The molecule has 10 aromatic rings. The molecule has 2 aliphatic carbocycles. The number of hydrogen-bond donors (Lipinski definition) is 2. The second-order valence-corrected chi connectivity index (χ2v) is 23.3. The molecule has 0 saturated heterocycles. The van der Waals surface area contributed by atoms with Gasteiger partial charge in [-0.1, -0.05) is 133 Å². The van der Waals surface area contributed by atoms with Crippen molar-refractivity contribution in [2.75, 3.05) is 26.3 Å². The number of alkyl carbamates (subject to hydrolysis) is 1. The van der Waals surface area contributed by atoms with Crippen molar-refractivity contribution in [2.24, 2.45) is 5.73 Å². The van der Waals surface area contributed by atoms with Gasteiger partial charge < -0.3 is 25.3 Å². The Kier molecular flexibility index (Phi) is 14.5. The topological polar surface area (TPSA) is 218 Å². The van der Waals surface area contributed by atoms with Crippen LogP contribution in [0.15, 0.2) is 182 Å². The number of nitrogens with two attached hydrogens (primary N) is 1. The van der Waals surface area contributed by atoms with Crippen molar-refractivity contribution in [3.8, 4) is 56.8 Å². The number of benzene rings is 6. The largest absolute Gasteiger partial charge is 0.476 e. The highest BCUT2D eigenvalue weighted by molar-refractivity contribution is 6.22. The molecule has 2 fully saturated rings. The number of rotatable bonds is 15. The van der Waals surface area contributed by atoms with Gasteiger partial charge in [-0.3, -0.25) is 37.8 Å². The third-order valence-corrected chi connectivity index (χ3v) is 16.6. The lowest BCUT2D eigenvalue weighted by molar-refractivity contribution is 0.0376. The number of hydrogen-bond acceptors (Lipinski definition) is 13. The molecule has 436 valence electrons. The van der Waals surface area contributed by atoms with Gasteiger partial charge in [0.2, 0.25) is 23.3 Å². The fourth-order valence-corrected chi connectivity index (χ4v) is 11.8. The number of nitrogens with one attached hydrogen (secondary N) is 1. The number of ether oxygens (including phenoxy) is 3. The van der Waals surface area contributed by atoms with Crippen LogP contribution in [0.1, 0.15) is 112 Å². The highest BCUT2D eigenvalue weighted by Crippen LogP contribution is 2.44. The van der Waals surface area contributed by atoms with E-state index in [1.54, 1.807) is 60.7 Å². The quantitative estimate of drug-likeness (QED) is 0.0914. The maximum absolute atomic E-state index is 12.7. The van der Waals surface area contributed by atoms with Crippen LogP contribution in [0, 0.1) is 0 Å². The predicted molar refractivity (Wildman–Crippen MR) is 327 cm³/mol. The second-order valence-electron chi connectivity index (χ2n) is 23.3. The summed E-state index contributed by atoms with van der Waals surface area (Å²) in [5, 5.41) is 3.13. The predicted octanol–water partition coefficient (Wildman–Crippen LogP) is 11.7. The van der Waals surface area contributed by atoms with Gasteiger partial charge >= 0.3 is 6.09 Å². The van der Waals surface area contributed by atoms with Crippen LogP contribution in [0.4, 0.5) is 4.79 Å². The van der Waals surface area contributed by atoms with E-state index in [0.29, 0.717) is 45.6 Å². The zero-order valence-electron chi connectivity index (χ0n) is 48.3. The molecular formula is C69H62N10O8. The van der Waals surface area contributed by atoms with E-state index < -0.39 is 17.2 Å². The molecule has 14 rings (SSSR count). The number of imide groups is 2. The number of nitrogens with zero attached hydrogens (tertiary/aromatic N) is 8. The zero-order valence-corrected chi connectivity index (χ0v) is 48.3. The van der Waals surface area contributed by atoms with E-state index in [4.69, 9.17) is 29.9 Å². The van der Waals surface area contributed by atoms with Crippen LogP contribution in [0.2, 0.25) is 0 Å².